The smallest absolute Gasteiger partial charge is 0.334 e. The van der Waals surface area contributed by atoms with Crippen molar-refractivity contribution in [2.75, 3.05) is 6.61 Å². The summed E-state index contributed by atoms with van der Waals surface area (Å²) in [6, 6.07) is 0. The van der Waals surface area contributed by atoms with Gasteiger partial charge >= 0.3 is 5.97 Å². The van der Waals surface area contributed by atoms with Crippen LogP contribution in [0.5, 0.6) is 0 Å². The first-order valence-electron chi connectivity index (χ1n) is 5.93. The van der Waals surface area contributed by atoms with Gasteiger partial charge in [-0.05, 0) is 25.8 Å². The Hall–Kier alpha value is -1.51. The Labute approximate surface area is 103 Å². The highest BCUT2D eigenvalue weighted by Gasteiger charge is 1.97. The van der Waals surface area contributed by atoms with Gasteiger partial charge in [0.1, 0.15) is 5.76 Å². The van der Waals surface area contributed by atoms with Crippen LogP contribution in [0.15, 0.2) is 35.6 Å². The number of aliphatic hydroxyl groups is 1. The van der Waals surface area contributed by atoms with E-state index >= 15 is 0 Å². The van der Waals surface area contributed by atoms with Gasteiger partial charge in [0, 0.05) is 0 Å². The largest absolute Gasteiger partial charge is 0.508 e. The third-order valence-electron chi connectivity index (χ3n) is 2.26. The van der Waals surface area contributed by atoms with Gasteiger partial charge in [0.2, 0.25) is 0 Å². The quantitative estimate of drug-likeness (QED) is 0.333. The molecule has 0 radical (unpaired) electrons. The molecule has 17 heavy (non-hydrogen) atoms. The Bertz CT molecular complexity index is 324. The second-order valence-electron chi connectivity index (χ2n) is 3.95. The molecule has 0 aromatic rings. The zero-order chi connectivity index (χ0) is 13.3. The molecule has 0 rings (SSSR count). The van der Waals surface area contributed by atoms with E-state index in [0.717, 1.165) is 18.1 Å². The van der Waals surface area contributed by atoms with Crippen LogP contribution in [0.3, 0.4) is 0 Å². The van der Waals surface area contributed by atoms with Crippen molar-refractivity contribution in [2.45, 2.75) is 34.1 Å². The Morgan fingerprint density at radius 3 is 2.53 bits per heavy atom. The van der Waals surface area contributed by atoms with E-state index < -0.39 is 5.97 Å². The lowest BCUT2D eigenvalue weighted by molar-refractivity contribution is -0.137. The highest BCUT2D eigenvalue weighted by Crippen LogP contribution is 2.08. The molecule has 3 heteroatoms. The molecule has 1 N–H and O–H groups in total. The predicted octanol–water partition coefficient (Wildman–Crippen LogP) is 3.54. The van der Waals surface area contributed by atoms with Crippen molar-refractivity contribution in [1.82, 2.24) is 0 Å². The lowest BCUT2D eigenvalue weighted by atomic mass is 10.1. The minimum absolute atomic E-state index is 0.0969. The van der Waals surface area contributed by atoms with Crippen LogP contribution in [0.4, 0.5) is 0 Å². The van der Waals surface area contributed by atoms with Crippen molar-refractivity contribution >= 4 is 5.97 Å². The maximum absolute atomic E-state index is 11.0. The first-order valence-corrected chi connectivity index (χ1v) is 5.93. The second kappa shape index (κ2) is 8.62. The Balaban J connectivity index is 4.41. The third kappa shape index (κ3) is 8.31. The molecule has 1 atom stereocenters. The van der Waals surface area contributed by atoms with Crippen LogP contribution in [-0.4, -0.2) is 17.7 Å². The number of carbonyl (C=O) groups is 1. The number of esters is 1. The van der Waals surface area contributed by atoms with Crippen molar-refractivity contribution in [2.24, 2.45) is 5.92 Å². The van der Waals surface area contributed by atoms with E-state index in [9.17, 15) is 9.90 Å². The molecule has 0 aromatic carbocycles. The molecule has 0 aromatic heterocycles. The Kier molecular flexibility index (Phi) is 7.85. The monoisotopic (exact) mass is 238 g/mol. The summed E-state index contributed by atoms with van der Waals surface area (Å²) < 4.78 is 4.68. The summed E-state index contributed by atoms with van der Waals surface area (Å²) in [4.78, 5) is 11.0. The number of hydrogen-bond acceptors (Lipinski definition) is 3. The van der Waals surface area contributed by atoms with Crippen LogP contribution in [0.25, 0.3) is 0 Å². The molecule has 0 bridgehead atoms. The summed E-state index contributed by atoms with van der Waals surface area (Å²) in [5.41, 5.74) is 1.06. The van der Waals surface area contributed by atoms with Crippen LogP contribution in [0.1, 0.15) is 34.1 Å². The van der Waals surface area contributed by atoms with E-state index in [1.807, 2.05) is 6.92 Å². The Morgan fingerprint density at radius 2 is 2.00 bits per heavy atom. The van der Waals surface area contributed by atoms with Gasteiger partial charge in [-0.2, -0.15) is 0 Å². The molecule has 0 spiro atoms. The molecule has 96 valence electrons. The minimum atomic E-state index is -0.529. The highest BCUT2D eigenvalue weighted by atomic mass is 16.5. The van der Waals surface area contributed by atoms with Gasteiger partial charge in [-0.25, -0.2) is 4.79 Å². The molecule has 0 saturated heterocycles. The molecular weight excluding hydrogens is 216 g/mol. The molecule has 0 fully saturated rings. The van der Waals surface area contributed by atoms with Crippen molar-refractivity contribution in [3.63, 3.8) is 0 Å². The summed E-state index contributed by atoms with van der Waals surface area (Å²) in [6.45, 7) is 8.24. The zero-order valence-electron chi connectivity index (χ0n) is 11.1. The molecule has 3 nitrogen and oxygen atoms in total. The molecule has 0 aliphatic carbocycles. The molecule has 0 aliphatic heterocycles. The second-order valence-corrected chi connectivity index (χ2v) is 3.95. The van der Waals surface area contributed by atoms with E-state index in [4.69, 9.17) is 0 Å². The van der Waals surface area contributed by atoms with Gasteiger partial charge < -0.3 is 9.84 Å². The maximum Gasteiger partial charge on any atom is 0.334 e. The topological polar surface area (TPSA) is 46.5 Å². The van der Waals surface area contributed by atoms with E-state index in [0.29, 0.717) is 12.5 Å². The number of ether oxygens (including phenoxy) is 1. The Morgan fingerprint density at radius 1 is 1.35 bits per heavy atom. The van der Waals surface area contributed by atoms with E-state index in [2.05, 4.69) is 24.7 Å². The maximum atomic E-state index is 11.0. The van der Waals surface area contributed by atoms with Crippen molar-refractivity contribution < 1.29 is 14.6 Å². The summed E-state index contributed by atoms with van der Waals surface area (Å²) in [7, 11) is 0. The average molecular weight is 238 g/mol. The zero-order valence-corrected chi connectivity index (χ0v) is 11.1. The molecule has 0 aliphatic rings. The van der Waals surface area contributed by atoms with Crippen molar-refractivity contribution in [3.05, 3.63) is 35.6 Å². The van der Waals surface area contributed by atoms with Crippen LogP contribution in [0.2, 0.25) is 0 Å². The lowest BCUT2D eigenvalue weighted by Crippen LogP contribution is -2.00. The van der Waals surface area contributed by atoms with Gasteiger partial charge in [-0.1, -0.05) is 38.0 Å². The van der Waals surface area contributed by atoms with Gasteiger partial charge in [0.25, 0.3) is 0 Å². The number of allylic oxidation sites excluding steroid dienone is 4. The standard InChI is InChI=1S/C14H22O3/c1-5-11(3)9-12(4)7-8-13(15)10-14(16)17-6-2/h7-11,15H,5-6H2,1-4H3/b8-7+,12-9+,13-10-. The average Bonchev–Trinajstić information content (AvgIpc) is 2.26. The first-order chi connectivity index (χ1) is 7.99. The highest BCUT2D eigenvalue weighted by molar-refractivity contribution is 5.82. The summed E-state index contributed by atoms with van der Waals surface area (Å²) in [5, 5.41) is 9.43. The molecule has 0 heterocycles. The predicted molar refractivity (Wildman–Crippen MR) is 69.7 cm³/mol. The van der Waals surface area contributed by atoms with Gasteiger partial charge in [-0.15, -0.1) is 0 Å². The van der Waals surface area contributed by atoms with Crippen molar-refractivity contribution in [1.29, 1.82) is 0 Å². The van der Waals surface area contributed by atoms with Gasteiger partial charge in [0.05, 0.1) is 12.7 Å². The summed E-state index contributed by atoms with van der Waals surface area (Å²) in [5.74, 6) is -0.116. The van der Waals surface area contributed by atoms with Gasteiger partial charge in [-0.3, -0.25) is 0 Å². The normalized spacial score (nSPS) is 15.1. The van der Waals surface area contributed by atoms with E-state index in [-0.39, 0.29) is 5.76 Å². The number of carbonyl (C=O) groups excluding carboxylic acids is 1. The number of aliphatic hydroxyl groups excluding tert-OH is 1. The molecule has 1 unspecified atom stereocenters. The molecular formula is C14H22O3. The van der Waals surface area contributed by atoms with Gasteiger partial charge in [0.15, 0.2) is 0 Å². The van der Waals surface area contributed by atoms with Crippen LogP contribution in [0, 0.1) is 5.92 Å². The fourth-order valence-corrected chi connectivity index (χ4v) is 1.19. The minimum Gasteiger partial charge on any atom is -0.508 e. The summed E-state index contributed by atoms with van der Waals surface area (Å²) >= 11 is 0. The van der Waals surface area contributed by atoms with Crippen molar-refractivity contribution in [3.8, 4) is 0 Å². The molecule has 0 amide bonds. The van der Waals surface area contributed by atoms with Crippen LogP contribution in [-0.2, 0) is 9.53 Å². The summed E-state index contributed by atoms with van der Waals surface area (Å²) in [6.07, 6.45) is 7.53. The van der Waals surface area contributed by atoms with E-state index in [1.165, 1.54) is 6.08 Å². The van der Waals surface area contributed by atoms with Crippen LogP contribution >= 0.6 is 0 Å². The fraction of sp³-hybridized carbons (Fsp3) is 0.500. The lowest BCUT2D eigenvalue weighted by Gasteiger charge is -2.01. The third-order valence-corrected chi connectivity index (χ3v) is 2.26. The van der Waals surface area contributed by atoms with E-state index in [1.54, 1.807) is 13.0 Å². The number of rotatable bonds is 6. The van der Waals surface area contributed by atoms with Crippen LogP contribution < -0.4 is 0 Å². The SMILES string of the molecule is CCOC(=O)/C=C(O)/C=C/C(C)=C/C(C)CC. The number of hydrogen-bond donors (Lipinski definition) is 1. The fourth-order valence-electron chi connectivity index (χ4n) is 1.19. The molecule has 0 saturated carbocycles. The first kappa shape index (κ1) is 15.5.